The van der Waals surface area contributed by atoms with Crippen molar-refractivity contribution >= 4 is 0 Å². The van der Waals surface area contributed by atoms with Crippen LogP contribution in [-0.4, -0.2) is 48.6 Å². The minimum Gasteiger partial charge on any atom is -0.306 e. The summed E-state index contributed by atoms with van der Waals surface area (Å²) in [6.07, 6.45) is 10.0. The fourth-order valence-corrected chi connectivity index (χ4v) is 5.76. The Morgan fingerprint density at radius 2 is 1.33 bits per heavy atom. The zero-order valence-electron chi connectivity index (χ0n) is 17.3. The number of fused-ring (bicyclic) bond motifs is 2. The van der Waals surface area contributed by atoms with Crippen LogP contribution in [0.1, 0.15) is 79.6 Å². The van der Waals surface area contributed by atoms with Crippen molar-refractivity contribution in [3.05, 3.63) is 0 Å². The van der Waals surface area contributed by atoms with Gasteiger partial charge in [-0.05, 0) is 94.3 Å². The number of rotatable bonds is 4. The lowest BCUT2D eigenvalue weighted by molar-refractivity contribution is 0.0337. The molecule has 3 aliphatic rings. The van der Waals surface area contributed by atoms with E-state index in [-0.39, 0.29) is 0 Å². The second kappa shape index (κ2) is 6.91. The monoisotopic (exact) mass is 334 g/mol. The summed E-state index contributed by atoms with van der Waals surface area (Å²) in [4.78, 5) is 5.43. The number of piperidine rings is 2. The van der Waals surface area contributed by atoms with Gasteiger partial charge in [-0.3, -0.25) is 4.90 Å². The normalized spacial score (nSPS) is 34.0. The molecule has 3 heterocycles. The van der Waals surface area contributed by atoms with Crippen molar-refractivity contribution < 1.29 is 0 Å². The van der Waals surface area contributed by atoms with Gasteiger partial charge in [-0.15, -0.1) is 0 Å². The highest BCUT2D eigenvalue weighted by atomic mass is 15.2. The Hall–Kier alpha value is -0.0800. The van der Waals surface area contributed by atoms with Gasteiger partial charge in [-0.1, -0.05) is 34.6 Å². The fourth-order valence-electron chi connectivity index (χ4n) is 5.76. The second-order valence-electron chi connectivity index (χ2n) is 11.0. The molecule has 0 spiro atoms. The first kappa shape index (κ1) is 18.7. The van der Waals surface area contributed by atoms with Crippen LogP contribution in [0, 0.1) is 22.7 Å². The van der Waals surface area contributed by atoms with Crippen LogP contribution in [0.25, 0.3) is 0 Å². The molecule has 0 aliphatic carbocycles. The lowest BCUT2D eigenvalue weighted by atomic mass is 9.70. The van der Waals surface area contributed by atoms with Crippen LogP contribution < -0.4 is 0 Å². The molecule has 140 valence electrons. The summed E-state index contributed by atoms with van der Waals surface area (Å²) in [5.41, 5.74) is 1.02. The summed E-state index contributed by atoms with van der Waals surface area (Å²) in [5.74, 6) is 1.87. The molecule has 24 heavy (non-hydrogen) atoms. The van der Waals surface area contributed by atoms with Crippen molar-refractivity contribution in [3.63, 3.8) is 0 Å². The maximum atomic E-state index is 2.93. The first-order chi connectivity index (χ1) is 11.2. The lowest BCUT2D eigenvalue weighted by Crippen LogP contribution is -2.47. The van der Waals surface area contributed by atoms with Gasteiger partial charge >= 0.3 is 0 Å². The minimum absolute atomic E-state index is 0.500. The number of likely N-dealkylation sites (tertiary alicyclic amines) is 1. The molecule has 3 rings (SSSR count). The standard InChI is InChI=1S/C22H42N2/c1-21(2,3)18-15-19-7-8-20(16-18)24(19)14-11-22(4,5)17-9-12-23(6)13-10-17/h17-20H,7-16H2,1-6H3. The average molecular weight is 335 g/mol. The van der Waals surface area contributed by atoms with Crippen molar-refractivity contribution in [1.29, 1.82) is 0 Å². The van der Waals surface area contributed by atoms with E-state index >= 15 is 0 Å². The topological polar surface area (TPSA) is 6.48 Å². The molecule has 2 bridgehead atoms. The lowest BCUT2D eigenvalue weighted by Gasteiger charge is -2.46. The molecule has 0 saturated carbocycles. The highest BCUT2D eigenvalue weighted by molar-refractivity contribution is 4.98. The van der Waals surface area contributed by atoms with E-state index < -0.39 is 0 Å². The van der Waals surface area contributed by atoms with Gasteiger partial charge in [-0.25, -0.2) is 0 Å². The summed E-state index contributed by atoms with van der Waals surface area (Å²) in [7, 11) is 2.28. The highest BCUT2D eigenvalue weighted by Crippen LogP contribution is 2.46. The van der Waals surface area contributed by atoms with E-state index in [1.165, 1.54) is 64.6 Å². The average Bonchev–Trinajstić information content (AvgIpc) is 2.73. The van der Waals surface area contributed by atoms with E-state index in [1.54, 1.807) is 0 Å². The Morgan fingerprint density at radius 3 is 1.83 bits per heavy atom. The zero-order valence-corrected chi connectivity index (χ0v) is 17.3. The molecule has 2 unspecified atom stereocenters. The molecular formula is C22H42N2. The molecule has 3 fully saturated rings. The van der Waals surface area contributed by atoms with Crippen LogP contribution in [0.5, 0.6) is 0 Å². The van der Waals surface area contributed by atoms with Gasteiger partial charge in [0.2, 0.25) is 0 Å². The Balaban J connectivity index is 1.54. The quantitative estimate of drug-likeness (QED) is 0.711. The van der Waals surface area contributed by atoms with Gasteiger partial charge in [0.05, 0.1) is 0 Å². The SMILES string of the molecule is CN1CCC(C(C)(C)CCN2C3CCC2CC(C(C)(C)C)C3)CC1. The van der Waals surface area contributed by atoms with Gasteiger partial charge in [-0.2, -0.15) is 0 Å². The Bertz CT molecular complexity index is 400. The van der Waals surface area contributed by atoms with Crippen molar-refractivity contribution in [1.82, 2.24) is 9.80 Å². The predicted octanol–water partition coefficient (Wildman–Crippen LogP) is 5.03. The summed E-state index contributed by atoms with van der Waals surface area (Å²) in [6, 6.07) is 1.78. The van der Waals surface area contributed by atoms with E-state index in [4.69, 9.17) is 0 Å². The third-order valence-corrected chi connectivity index (χ3v) is 7.95. The largest absolute Gasteiger partial charge is 0.306 e. The molecule has 0 aromatic rings. The molecule has 0 radical (unpaired) electrons. The first-order valence-corrected chi connectivity index (χ1v) is 10.6. The van der Waals surface area contributed by atoms with E-state index in [1.807, 2.05) is 0 Å². The third-order valence-electron chi connectivity index (χ3n) is 7.95. The highest BCUT2D eigenvalue weighted by Gasteiger charge is 2.44. The molecule has 0 aromatic carbocycles. The van der Waals surface area contributed by atoms with Gasteiger partial charge < -0.3 is 4.90 Å². The van der Waals surface area contributed by atoms with Crippen LogP contribution in [0.2, 0.25) is 0 Å². The molecule has 2 atom stereocenters. The first-order valence-electron chi connectivity index (χ1n) is 10.6. The molecule has 2 nitrogen and oxygen atoms in total. The Labute approximate surface area is 151 Å². The van der Waals surface area contributed by atoms with Crippen LogP contribution >= 0.6 is 0 Å². The Kier molecular flexibility index (Phi) is 5.39. The van der Waals surface area contributed by atoms with Gasteiger partial charge in [0, 0.05) is 12.1 Å². The van der Waals surface area contributed by atoms with Crippen LogP contribution in [0.15, 0.2) is 0 Å². The van der Waals surface area contributed by atoms with Crippen LogP contribution in [0.4, 0.5) is 0 Å². The fraction of sp³-hybridized carbons (Fsp3) is 1.00. The molecule has 3 saturated heterocycles. The maximum Gasteiger partial charge on any atom is 0.0102 e. The molecule has 0 N–H and O–H groups in total. The summed E-state index contributed by atoms with van der Waals surface area (Å²) < 4.78 is 0. The second-order valence-corrected chi connectivity index (χ2v) is 11.0. The molecule has 3 aliphatic heterocycles. The number of hydrogen-bond acceptors (Lipinski definition) is 2. The van der Waals surface area contributed by atoms with E-state index in [0.29, 0.717) is 10.8 Å². The molecule has 2 heteroatoms. The smallest absolute Gasteiger partial charge is 0.0102 e. The van der Waals surface area contributed by atoms with Crippen molar-refractivity contribution in [2.75, 3.05) is 26.7 Å². The predicted molar refractivity (Wildman–Crippen MR) is 104 cm³/mol. The maximum absolute atomic E-state index is 2.93. The summed E-state index contributed by atoms with van der Waals surface area (Å²) in [6.45, 7) is 16.4. The molecular weight excluding hydrogens is 292 g/mol. The van der Waals surface area contributed by atoms with Gasteiger partial charge in [0.1, 0.15) is 0 Å². The number of hydrogen-bond donors (Lipinski definition) is 0. The number of nitrogens with zero attached hydrogens (tertiary/aromatic N) is 2. The van der Waals surface area contributed by atoms with Crippen molar-refractivity contribution in [2.24, 2.45) is 22.7 Å². The summed E-state index contributed by atoms with van der Waals surface area (Å²) in [5, 5.41) is 0. The van der Waals surface area contributed by atoms with Crippen LogP contribution in [0.3, 0.4) is 0 Å². The molecule has 0 aromatic heterocycles. The third kappa shape index (κ3) is 4.01. The van der Waals surface area contributed by atoms with E-state index in [0.717, 1.165) is 23.9 Å². The van der Waals surface area contributed by atoms with Gasteiger partial charge in [0.25, 0.3) is 0 Å². The summed E-state index contributed by atoms with van der Waals surface area (Å²) >= 11 is 0. The molecule has 0 amide bonds. The van der Waals surface area contributed by atoms with E-state index in [9.17, 15) is 0 Å². The van der Waals surface area contributed by atoms with E-state index in [2.05, 4.69) is 51.5 Å². The zero-order chi connectivity index (χ0) is 17.5. The van der Waals surface area contributed by atoms with Crippen molar-refractivity contribution in [3.8, 4) is 0 Å². The minimum atomic E-state index is 0.500. The van der Waals surface area contributed by atoms with Crippen molar-refractivity contribution in [2.45, 2.75) is 91.6 Å². The van der Waals surface area contributed by atoms with Crippen LogP contribution in [-0.2, 0) is 0 Å². The van der Waals surface area contributed by atoms with Gasteiger partial charge in [0.15, 0.2) is 0 Å². The Morgan fingerprint density at radius 1 is 0.792 bits per heavy atom.